The summed E-state index contributed by atoms with van der Waals surface area (Å²) in [6, 6.07) is -0.592. The summed E-state index contributed by atoms with van der Waals surface area (Å²) >= 11 is 0. The molecule has 0 aliphatic rings. The Hall–Kier alpha value is -1.43. The molecule has 0 rings (SSSR count). The number of ketones is 1. The molecule has 0 aromatic heterocycles. The van der Waals surface area contributed by atoms with Gasteiger partial charge < -0.3 is 16.0 Å². The quantitative estimate of drug-likeness (QED) is 0.544. The van der Waals surface area contributed by atoms with Gasteiger partial charge in [0.2, 0.25) is 11.8 Å². The zero-order chi connectivity index (χ0) is 14.1. The van der Waals surface area contributed by atoms with E-state index in [4.69, 9.17) is 0 Å². The second-order valence-electron chi connectivity index (χ2n) is 4.70. The molecule has 0 heterocycles. The Bertz CT molecular complexity index is 303. The molecule has 1 atom stereocenters. The van der Waals surface area contributed by atoms with Crippen LogP contribution in [0.1, 0.15) is 27.2 Å². The fourth-order valence-electron chi connectivity index (χ4n) is 1.44. The maximum absolute atomic E-state index is 11.8. The molecule has 0 aromatic carbocycles. The van der Waals surface area contributed by atoms with Crippen LogP contribution in [0.5, 0.6) is 0 Å². The Morgan fingerprint density at radius 1 is 1.11 bits per heavy atom. The lowest BCUT2D eigenvalue weighted by atomic mass is 10.0. The number of hydrogen-bond donors (Lipinski definition) is 3. The maximum atomic E-state index is 11.8. The second-order valence-corrected chi connectivity index (χ2v) is 4.70. The summed E-state index contributed by atoms with van der Waals surface area (Å²) in [5, 5.41) is 7.88. The van der Waals surface area contributed by atoms with Crippen LogP contribution in [-0.2, 0) is 14.4 Å². The highest BCUT2D eigenvalue weighted by atomic mass is 16.2. The van der Waals surface area contributed by atoms with Crippen molar-refractivity contribution in [3.63, 3.8) is 0 Å². The summed E-state index contributed by atoms with van der Waals surface area (Å²) < 4.78 is 0. The second kappa shape index (κ2) is 8.63. The highest BCUT2D eigenvalue weighted by Crippen LogP contribution is 2.04. The highest BCUT2D eigenvalue weighted by molar-refractivity contribution is 5.90. The minimum absolute atomic E-state index is 0.00464. The molecule has 6 heteroatoms. The topological polar surface area (TPSA) is 87.3 Å². The third kappa shape index (κ3) is 7.78. The van der Waals surface area contributed by atoms with Crippen LogP contribution in [0.3, 0.4) is 0 Å². The van der Waals surface area contributed by atoms with Crippen molar-refractivity contribution < 1.29 is 14.4 Å². The van der Waals surface area contributed by atoms with Crippen molar-refractivity contribution in [2.45, 2.75) is 33.2 Å². The van der Waals surface area contributed by atoms with E-state index in [1.165, 1.54) is 6.92 Å². The Labute approximate surface area is 108 Å². The predicted octanol–water partition coefficient (Wildman–Crippen LogP) is -0.558. The lowest BCUT2D eigenvalue weighted by Gasteiger charge is -2.19. The van der Waals surface area contributed by atoms with Crippen molar-refractivity contribution in [2.75, 3.05) is 20.1 Å². The third-order valence-corrected chi connectivity index (χ3v) is 2.21. The van der Waals surface area contributed by atoms with Gasteiger partial charge in [-0.15, -0.1) is 0 Å². The first-order valence-corrected chi connectivity index (χ1v) is 6.08. The summed E-state index contributed by atoms with van der Waals surface area (Å²) in [5.41, 5.74) is 0. The van der Waals surface area contributed by atoms with Crippen LogP contribution in [0.25, 0.3) is 0 Å². The molecular formula is C12H23N3O3. The van der Waals surface area contributed by atoms with Crippen molar-refractivity contribution >= 4 is 17.6 Å². The van der Waals surface area contributed by atoms with Gasteiger partial charge in [-0.2, -0.15) is 0 Å². The molecule has 18 heavy (non-hydrogen) atoms. The zero-order valence-electron chi connectivity index (χ0n) is 11.5. The molecule has 0 bridgehead atoms. The number of amides is 2. The molecule has 0 unspecified atom stereocenters. The molecule has 0 radical (unpaired) electrons. The van der Waals surface area contributed by atoms with Gasteiger partial charge >= 0.3 is 0 Å². The zero-order valence-corrected chi connectivity index (χ0v) is 11.5. The molecule has 0 fully saturated rings. The van der Waals surface area contributed by atoms with E-state index in [1.54, 1.807) is 7.05 Å². The fraction of sp³-hybridized carbons (Fsp3) is 0.750. The van der Waals surface area contributed by atoms with Gasteiger partial charge in [-0.3, -0.25) is 14.4 Å². The van der Waals surface area contributed by atoms with Crippen molar-refractivity contribution in [1.29, 1.82) is 0 Å². The van der Waals surface area contributed by atoms with Gasteiger partial charge in [0.1, 0.15) is 11.8 Å². The summed E-state index contributed by atoms with van der Waals surface area (Å²) in [7, 11) is 1.66. The standard InChI is InChI=1S/C12H23N3O3/c1-8(2)5-10(15-11(17)7-13-4)12(18)14-6-9(3)16/h8,10,13H,5-7H2,1-4H3,(H,14,18)(H,15,17)/t10-/m1/s1. The molecule has 0 saturated carbocycles. The number of rotatable bonds is 8. The van der Waals surface area contributed by atoms with Gasteiger partial charge in [-0.05, 0) is 26.3 Å². The van der Waals surface area contributed by atoms with Crippen LogP contribution in [-0.4, -0.2) is 43.8 Å². The first-order valence-electron chi connectivity index (χ1n) is 6.08. The monoisotopic (exact) mass is 257 g/mol. The van der Waals surface area contributed by atoms with Crippen LogP contribution in [0.2, 0.25) is 0 Å². The van der Waals surface area contributed by atoms with E-state index >= 15 is 0 Å². The van der Waals surface area contributed by atoms with E-state index in [2.05, 4.69) is 16.0 Å². The number of carbonyl (C=O) groups excluding carboxylic acids is 3. The number of hydrogen-bond acceptors (Lipinski definition) is 4. The Balaban J connectivity index is 4.41. The normalized spacial score (nSPS) is 12.1. The van der Waals surface area contributed by atoms with Crippen molar-refractivity contribution in [2.24, 2.45) is 5.92 Å². The van der Waals surface area contributed by atoms with Crippen LogP contribution < -0.4 is 16.0 Å². The van der Waals surface area contributed by atoms with Crippen LogP contribution >= 0.6 is 0 Å². The fourth-order valence-corrected chi connectivity index (χ4v) is 1.44. The molecule has 0 saturated heterocycles. The van der Waals surface area contributed by atoms with Crippen molar-refractivity contribution in [3.8, 4) is 0 Å². The van der Waals surface area contributed by atoms with Gasteiger partial charge in [-0.1, -0.05) is 13.8 Å². The molecule has 0 aliphatic heterocycles. The molecule has 2 amide bonds. The SMILES string of the molecule is CNCC(=O)N[C@H](CC(C)C)C(=O)NCC(C)=O. The predicted molar refractivity (Wildman–Crippen MR) is 69.0 cm³/mol. The smallest absolute Gasteiger partial charge is 0.242 e. The van der Waals surface area contributed by atoms with E-state index < -0.39 is 6.04 Å². The Morgan fingerprint density at radius 2 is 1.72 bits per heavy atom. The minimum Gasteiger partial charge on any atom is -0.347 e. The average Bonchev–Trinajstić information content (AvgIpc) is 2.24. The molecule has 0 spiro atoms. The van der Waals surface area contributed by atoms with Gasteiger partial charge in [0.15, 0.2) is 0 Å². The van der Waals surface area contributed by atoms with E-state index in [-0.39, 0.29) is 36.6 Å². The van der Waals surface area contributed by atoms with E-state index in [0.29, 0.717) is 6.42 Å². The van der Waals surface area contributed by atoms with E-state index in [0.717, 1.165) is 0 Å². The van der Waals surface area contributed by atoms with Crippen molar-refractivity contribution in [3.05, 3.63) is 0 Å². The molecule has 6 nitrogen and oxygen atoms in total. The Morgan fingerprint density at radius 3 is 2.17 bits per heavy atom. The Kier molecular flexibility index (Phi) is 7.94. The highest BCUT2D eigenvalue weighted by Gasteiger charge is 2.21. The van der Waals surface area contributed by atoms with E-state index in [1.807, 2.05) is 13.8 Å². The molecule has 104 valence electrons. The van der Waals surface area contributed by atoms with Crippen LogP contribution in [0, 0.1) is 5.92 Å². The van der Waals surface area contributed by atoms with Gasteiger partial charge in [0.25, 0.3) is 0 Å². The molecule has 3 N–H and O–H groups in total. The van der Waals surface area contributed by atoms with Crippen LogP contribution in [0.4, 0.5) is 0 Å². The van der Waals surface area contributed by atoms with Gasteiger partial charge in [-0.25, -0.2) is 0 Å². The average molecular weight is 257 g/mol. The molecule has 0 aromatic rings. The number of nitrogens with one attached hydrogen (secondary N) is 3. The lowest BCUT2D eigenvalue weighted by Crippen LogP contribution is -2.50. The summed E-state index contributed by atoms with van der Waals surface area (Å²) in [6.07, 6.45) is 0.541. The van der Waals surface area contributed by atoms with Crippen molar-refractivity contribution in [1.82, 2.24) is 16.0 Å². The lowest BCUT2D eigenvalue weighted by molar-refractivity contribution is -0.129. The third-order valence-electron chi connectivity index (χ3n) is 2.21. The first kappa shape index (κ1) is 16.6. The maximum Gasteiger partial charge on any atom is 0.242 e. The molecular weight excluding hydrogens is 234 g/mol. The number of carbonyl (C=O) groups is 3. The van der Waals surface area contributed by atoms with Gasteiger partial charge in [0.05, 0.1) is 13.1 Å². The largest absolute Gasteiger partial charge is 0.347 e. The number of likely N-dealkylation sites (N-methyl/N-ethyl adjacent to an activating group) is 1. The first-order chi connectivity index (χ1) is 8.36. The number of Topliss-reactive ketones (excluding diaryl/α,β-unsaturated/α-hetero) is 1. The summed E-state index contributed by atoms with van der Waals surface area (Å²) in [6.45, 7) is 5.49. The summed E-state index contributed by atoms with van der Waals surface area (Å²) in [5.74, 6) is -0.398. The van der Waals surface area contributed by atoms with E-state index in [9.17, 15) is 14.4 Å². The molecule has 0 aliphatic carbocycles. The minimum atomic E-state index is -0.592. The summed E-state index contributed by atoms with van der Waals surface area (Å²) in [4.78, 5) is 34.1. The van der Waals surface area contributed by atoms with Crippen LogP contribution in [0.15, 0.2) is 0 Å². The van der Waals surface area contributed by atoms with Gasteiger partial charge in [0, 0.05) is 0 Å².